The predicted molar refractivity (Wildman–Crippen MR) is 74.7 cm³/mol. The number of aliphatic hydroxyl groups is 2. The second-order valence-electron chi connectivity index (χ2n) is 5.07. The van der Waals surface area contributed by atoms with Gasteiger partial charge in [0, 0.05) is 19.6 Å². The number of amides is 1. The van der Waals surface area contributed by atoms with E-state index in [1.165, 1.54) is 0 Å². The van der Waals surface area contributed by atoms with Crippen LogP contribution in [0.15, 0.2) is 0 Å². The third-order valence-electron chi connectivity index (χ3n) is 1.90. The summed E-state index contributed by atoms with van der Waals surface area (Å²) in [6.45, 7) is 7.99. The Labute approximate surface area is 115 Å². The summed E-state index contributed by atoms with van der Waals surface area (Å²) >= 11 is 0. The van der Waals surface area contributed by atoms with Crippen LogP contribution in [0, 0.1) is 0 Å². The molecule has 116 valence electrons. The van der Waals surface area contributed by atoms with Crippen molar-refractivity contribution in [1.82, 2.24) is 5.32 Å². The quantitative estimate of drug-likeness (QED) is 0.463. The fourth-order valence-electron chi connectivity index (χ4n) is 0.756. The minimum Gasteiger partial charge on any atom is -0.444 e. The van der Waals surface area contributed by atoms with E-state index in [1.807, 2.05) is 6.92 Å². The zero-order chi connectivity index (χ0) is 15.5. The molecule has 1 unspecified atom stereocenters. The van der Waals surface area contributed by atoms with Gasteiger partial charge in [-0.1, -0.05) is 6.92 Å². The molecule has 1 amide bonds. The SMILES string of the molecule is CCC(O)CNC(=O)OC(C)(C)C.NCC(O)CN. The maximum Gasteiger partial charge on any atom is 0.407 e. The van der Waals surface area contributed by atoms with Crippen LogP contribution in [0.4, 0.5) is 4.79 Å². The predicted octanol–water partition coefficient (Wildman–Crippen LogP) is -0.453. The monoisotopic (exact) mass is 279 g/mol. The first-order chi connectivity index (χ1) is 8.66. The Hall–Kier alpha value is -0.890. The van der Waals surface area contributed by atoms with Gasteiger partial charge in [0.05, 0.1) is 12.2 Å². The second-order valence-corrected chi connectivity index (χ2v) is 5.07. The van der Waals surface area contributed by atoms with E-state index in [4.69, 9.17) is 26.4 Å². The van der Waals surface area contributed by atoms with E-state index in [1.54, 1.807) is 20.8 Å². The minimum absolute atomic E-state index is 0.241. The van der Waals surface area contributed by atoms with Gasteiger partial charge in [-0.25, -0.2) is 4.79 Å². The second kappa shape index (κ2) is 11.0. The summed E-state index contributed by atoms with van der Waals surface area (Å²) in [5, 5.41) is 20.0. The third kappa shape index (κ3) is 17.1. The smallest absolute Gasteiger partial charge is 0.407 e. The van der Waals surface area contributed by atoms with Crippen molar-refractivity contribution in [3.05, 3.63) is 0 Å². The number of ether oxygens (including phenoxy) is 1. The summed E-state index contributed by atoms with van der Waals surface area (Å²) in [5.41, 5.74) is 9.42. The van der Waals surface area contributed by atoms with Crippen molar-refractivity contribution in [2.75, 3.05) is 19.6 Å². The molecule has 0 aromatic carbocycles. The van der Waals surface area contributed by atoms with Crippen LogP contribution in [0.5, 0.6) is 0 Å². The number of nitrogens with two attached hydrogens (primary N) is 2. The van der Waals surface area contributed by atoms with Gasteiger partial charge in [-0.05, 0) is 27.2 Å². The molecule has 0 aliphatic carbocycles. The van der Waals surface area contributed by atoms with Crippen molar-refractivity contribution in [2.45, 2.75) is 51.9 Å². The highest BCUT2D eigenvalue weighted by Crippen LogP contribution is 2.06. The third-order valence-corrected chi connectivity index (χ3v) is 1.90. The number of carbonyl (C=O) groups is 1. The fourth-order valence-corrected chi connectivity index (χ4v) is 0.756. The summed E-state index contributed by atoms with van der Waals surface area (Å²) < 4.78 is 4.97. The molecule has 7 nitrogen and oxygen atoms in total. The lowest BCUT2D eigenvalue weighted by atomic mass is 10.2. The van der Waals surface area contributed by atoms with Gasteiger partial charge in [0.15, 0.2) is 0 Å². The van der Waals surface area contributed by atoms with Crippen LogP contribution in [0.2, 0.25) is 0 Å². The molecule has 7 heteroatoms. The van der Waals surface area contributed by atoms with Crippen LogP contribution < -0.4 is 16.8 Å². The van der Waals surface area contributed by atoms with Crippen molar-refractivity contribution < 1.29 is 19.7 Å². The lowest BCUT2D eigenvalue weighted by molar-refractivity contribution is 0.0490. The maximum atomic E-state index is 11.0. The first-order valence-electron chi connectivity index (χ1n) is 6.39. The summed E-state index contributed by atoms with van der Waals surface area (Å²) in [6, 6.07) is 0. The molecule has 0 saturated heterocycles. The Morgan fingerprint density at radius 3 is 1.95 bits per heavy atom. The Balaban J connectivity index is 0. The topological polar surface area (TPSA) is 131 Å². The largest absolute Gasteiger partial charge is 0.444 e. The highest BCUT2D eigenvalue weighted by molar-refractivity contribution is 5.67. The first kappa shape index (κ1) is 20.4. The summed E-state index contributed by atoms with van der Waals surface area (Å²) in [6.07, 6.45) is -0.868. The van der Waals surface area contributed by atoms with Crippen LogP contribution in [-0.2, 0) is 4.74 Å². The Morgan fingerprint density at radius 2 is 1.68 bits per heavy atom. The van der Waals surface area contributed by atoms with Crippen molar-refractivity contribution in [1.29, 1.82) is 0 Å². The Morgan fingerprint density at radius 1 is 1.21 bits per heavy atom. The summed E-state index contributed by atoms with van der Waals surface area (Å²) in [5.74, 6) is 0. The zero-order valence-electron chi connectivity index (χ0n) is 12.3. The number of carbonyl (C=O) groups excluding carboxylic acids is 1. The molecule has 0 bridgehead atoms. The Kier molecular flexibility index (Phi) is 11.8. The standard InChI is InChI=1S/C9H19NO3.C3H10N2O/c1-5-7(11)6-10-8(12)13-9(2,3)4;4-1-3(6)2-5/h7,11H,5-6H2,1-4H3,(H,10,12);3,6H,1-2,4-5H2. The van der Waals surface area contributed by atoms with Crippen LogP contribution in [0.1, 0.15) is 34.1 Å². The molecular weight excluding hydrogens is 250 g/mol. The molecule has 0 radical (unpaired) electrons. The van der Waals surface area contributed by atoms with Gasteiger partial charge in [0.25, 0.3) is 0 Å². The lowest BCUT2D eigenvalue weighted by Crippen LogP contribution is -2.36. The molecular formula is C12H29N3O4. The Bertz CT molecular complexity index is 228. The van der Waals surface area contributed by atoms with Crippen molar-refractivity contribution in [3.8, 4) is 0 Å². The van der Waals surface area contributed by atoms with Gasteiger partial charge in [-0.3, -0.25) is 0 Å². The minimum atomic E-state index is -0.509. The van der Waals surface area contributed by atoms with E-state index in [0.29, 0.717) is 6.42 Å². The lowest BCUT2D eigenvalue weighted by Gasteiger charge is -2.20. The molecule has 0 spiro atoms. The summed E-state index contributed by atoms with van der Waals surface area (Å²) in [7, 11) is 0. The average molecular weight is 279 g/mol. The van der Waals surface area contributed by atoms with Crippen LogP contribution in [-0.4, -0.2) is 53.7 Å². The molecule has 7 N–H and O–H groups in total. The average Bonchev–Trinajstić information content (AvgIpc) is 2.33. The van der Waals surface area contributed by atoms with Gasteiger partial charge in [-0.15, -0.1) is 0 Å². The van der Waals surface area contributed by atoms with E-state index in [2.05, 4.69) is 5.32 Å². The molecule has 0 heterocycles. The molecule has 19 heavy (non-hydrogen) atoms. The van der Waals surface area contributed by atoms with Gasteiger partial charge >= 0.3 is 6.09 Å². The molecule has 1 atom stereocenters. The van der Waals surface area contributed by atoms with Crippen LogP contribution >= 0.6 is 0 Å². The number of alkyl carbamates (subject to hydrolysis) is 1. The molecule has 0 aliphatic heterocycles. The number of rotatable bonds is 5. The first-order valence-corrected chi connectivity index (χ1v) is 6.39. The molecule has 0 aromatic heterocycles. The molecule has 0 rings (SSSR count). The summed E-state index contributed by atoms with van der Waals surface area (Å²) in [4.78, 5) is 11.0. The van der Waals surface area contributed by atoms with Crippen LogP contribution in [0.25, 0.3) is 0 Å². The van der Waals surface area contributed by atoms with Gasteiger partial charge in [0.1, 0.15) is 5.60 Å². The number of nitrogens with one attached hydrogen (secondary N) is 1. The highest BCUT2D eigenvalue weighted by atomic mass is 16.6. The van der Waals surface area contributed by atoms with E-state index in [0.717, 1.165) is 0 Å². The molecule has 0 saturated carbocycles. The van der Waals surface area contributed by atoms with Crippen LogP contribution in [0.3, 0.4) is 0 Å². The van der Waals surface area contributed by atoms with Crippen molar-refractivity contribution >= 4 is 6.09 Å². The van der Waals surface area contributed by atoms with E-state index in [9.17, 15) is 4.79 Å². The molecule has 0 aromatic rings. The van der Waals surface area contributed by atoms with E-state index in [-0.39, 0.29) is 19.6 Å². The van der Waals surface area contributed by atoms with Crippen molar-refractivity contribution in [2.24, 2.45) is 11.5 Å². The van der Waals surface area contributed by atoms with Gasteiger partial charge in [0.2, 0.25) is 0 Å². The van der Waals surface area contributed by atoms with E-state index < -0.39 is 23.9 Å². The molecule has 0 fully saturated rings. The normalized spacial score (nSPS) is 12.5. The fraction of sp³-hybridized carbons (Fsp3) is 0.917. The van der Waals surface area contributed by atoms with Gasteiger partial charge < -0.3 is 31.7 Å². The molecule has 0 aliphatic rings. The van der Waals surface area contributed by atoms with E-state index >= 15 is 0 Å². The van der Waals surface area contributed by atoms with Crippen molar-refractivity contribution in [3.63, 3.8) is 0 Å². The zero-order valence-corrected chi connectivity index (χ0v) is 12.3. The van der Waals surface area contributed by atoms with Gasteiger partial charge in [-0.2, -0.15) is 0 Å². The highest BCUT2D eigenvalue weighted by Gasteiger charge is 2.16. The number of hydrogen-bond acceptors (Lipinski definition) is 6. The maximum absolute atomic E-state index is 11.0. The number of hydrogen-bond donors (Lipinski definition) is 5. The number of aliphatic hydroxyl groups excluding tert-OH is 2.